The molecule has 5 nitrogen and oxygen atoms in total. The molecule has 0 radical (unpaired) electrons. The summed E-state index contributed by atoms with van der Waals surface area (Å²) in [4.78, 5) is 19.0. The van der Waals surface area contributed by atoms with E-state index in [0.717, 1.165) is 29.5 Å². The second kappa shape index (κ2) is 10.6. The minimum absolute atomic E-state index is 0. The van der Waals surface area contributed by atoms with Crippen LogP contribution in [-0.4, -0.2) is 24.0 Å². The van der Waals surface area contributed by atoms with Crippen molar-refractivity contribution in [3.05, 3.63) is 40.3 Å². The van der Waals surface area contributed by atoms with Crippen LogP contribution in [0.3, 0.4) is 0 Å². The molecule has 0 atom stereocenters. The number of nitrogens with one attached hydrogen (secondary N) is 1. The fraction of sp³-hybridized carbons (Fsp3) is 0.412. The van der Waals surface area contributed by atoms with Gasteiger partial charge in [-0.2, -0.15) is 0 Å². The third kappa shape index (κ3) is 5.57. The quantitative estimate of drug-likeness (QED) is 0.807. The van der Waals surface area contributed by atoms with Gasteiger partial charge in [0.2, 0.25) is 0 Å². The van der Waals surface area contributed by atoms with Gasteiger partial charge in [-0.25, -0.2) is 4.98 Å². The molecule has 138 valence electrons. The van der Waals surface area contributed by atoms with Crippen molar-refractivity contribution in [1.29, 1.82) is 0 Å². The summed E-state index contributed by atoms with van der Waals surface area (Å²) in [6.45, 7) is 2.45. The number of carbonyl (C=O) groups excluding carboxylic acids is 1. The van der Waals surface area contributed by atoms with E-state index in [0.29, 0.717) is 12.2 Å². The highest BCUT2D eigenvalue weighted by atomic mass is 35.5. The fourth-order valence-corrected chi connectivity index (χ4v) is 3.52. The number of halogens is 2. The van der Waals surface area contributed by atoms with Crippen LogP contribution in [0, 0.1) is 0 Å². The molecule has 1 aliphatic rings. The molecule has 25 heavy (non-hydrogen) atoms. The van der Waals surface area contributed by atoms with Crippen molar-refractivity contribution in [2.75, 3.05) is 23.3 Å². The Kier molecular flexibility index (Phi) is 9.21. The van der Waals surface area contributed by atoms with Crippen molar-refractivity contribution in [2.45, 2.75) is 32.2 Å². The van der Waals surface area contributed by atoms with Crippen LogP contribution in [0.2, 0.25) is 0 Å². The Bertz CT molecular complexity index is 672. The van der Waals surface area contributed by atoms with E-state index < -0.39 is 0 Å². The molecule has 3 N–H and O–H groups in total. The molecular formula is C17H24Cl2N4OS. The molecule has 1 aromatic carbocycles. The lowest BCUT2D eigenvalue weighted by Gasteiger charge is -2.25. The maximum Gasteiger partial charge on any atom is 0.275 e. The fourth-order valence-electron chi connectivity index (χ4n) is 2.86. The van der Waals surface area contributed by atoms with E-state index in [1.54, 1.807) is 5.38 Å². The average molecular weight is 403 g/mol. The minimum Gasteiger partial charge on any atom is -0.370 e. The van der Waals surface area contributed by atoms with Crippen LogP contribution >= 0.6 is 36.2 Å². The topological polar surface area (TPSA) is 71.2 Å². The summed E-state index contributed by atoms with van der Waals surface area (Å²) in [5.74, 6) is -0.178. The molecule has 2 heterocycles. The van der Waals surface area contributed by atoms with Gasteiger partial charge in [-0.3, -0.25) is 4.79 Å². The van der Waals surface area contributed by atoms with Gasteiger partial charge in [-0.1, -0.05) is 25.0 Å². The van der Waals surface area contributed by atoms with Crippen LogP contribution in [0.5, 0.6) is 0 Å². The van der Waals surface area contributed by atoms with Gasteiger partial charge in [-0.05, 0) is 25.0 Å². The zero-order chi connectivity index (χ0) is 16.1. The van der Waals surface area contributed by atoms with E-state index in [1.165, 1.54) is 37.0 Å². The van der Waals surface area contributed by atoms with Gasteiger partial charge in [0.25, 0.3) is 5.91 Å². The first-order valence-corrected chi connectivity index (χ1v) is 8.95. The van der Waals surface area contributed by atoms with Crippen molar-refractivity contribution in [3.63, 3.8) is 0 Å². The summed E-state index contributed by atoms with van der Waals surface area (Å²) in [5.41, 5.74) is 7.94. The molecule has 3 rings (SSSR count). The van der Waals surface area contributed by atoms with Crippen molar-refractivity contribution in [3.8, 4) is 0 Å². The largest absolute Gasteiger partial charge is 0.370 e. The molecule has 0 aliphatic carbocycles. The van der Waals surface area contributed by atoms with Gasteiger partial charge >= 0.3 is 0 Å². The summed E-state index contributed by atoms with van der Waals surface area (Å²) in [6.07, 6.45) is 4.97. The first-order valence-electron chi connectivity index (χ1n) is 8.08. The molecule has 1 saturated heterocycles. The SMILES string of the molecule is Cl.Cl.NCc1nc(C(=O)Nc2ccccc2N2CCCCCC2)cs1. The lowest BCUT2D eigenvalue weighted by atomic mass is 10.2. The van der Waals surface area contributed by atoms with E-state index in [2.05, 4.69) is 21.3 Å². The van der Waals surface area contributed by atoms with E-state index in [1.807, 2.05) is 18.2 Å². The Hall–Kier alpha value is -1.34. The summed E-state index contributed by atoms with van der Waals surface area (Å²) in [5, 5.41) is 5.53. The second-order valence-electron chi connectivity index (χ2n) is 5.70. The Labute approximate surface area is 164 Å². The molecular weight excluding hydrogens is 379 g/mol. The number of aromatic nitrogens is 1. The highest BCUT2D eigenvalue weighted by Gasteiger charge is 2.16. The maximum absolute atomic E-state index is 12.4. The number of anilines is 2. The van der Waals surface area contributed by atoms with E-state index >= 15 is 0 Å². The molecule has 1 aliphatic heterocycles. The van der Waals surface area contributed by atoms with E-state index in [-0.39, 0.29) is 30.7 Å². The monoisotopic (exact) mass is 402 g/mol. The molecule has 1 fully saturated rings. The van der Waals surface area contributed by atoms with Crippen molar-refractivity contribution < 1.29 is 4.79 Å². The third-order valence-electron chi connectivity index (χ3n) is 4.06. The van der Waals surface area contributed by atoms with Gasteiger partial charge in [0.15, 0.2) is 0 Å². The molecule has 8 heteroatoms. The van der Waals surface area contributed by atoms with Gasteiger partial charge in [0, 0.05) is 25.0 Å². The number of nitrogens with two attached hydrogens (primary N) is 1. The number of nitrogens with zero attached hydrogens (tertiary/aromatic N) is 2. The highest BCUT2D eigenvalue weighted by molar-refractivity contribution is 7.09. The van der Waals surface area contributed by atoms with Crippen LogP contribution in [0.4, 0.5) is 11.4 Å². The molecule has 2 aromatic rings. The zero-order valence-corrected chi connectivity index (χ0v) is 16.4. The summed E-state index contributed by atoms with van der Waals surface area (Å²) in [6, 6.07) is 8.00. The second-order valence-corrected chi connectivity index (χ2v) is 6.65. The van der Waals surface area contributed by atoms with Crippen LogP contribution in [0.25, 0.3) is 0 Å². The predicted molar refractivity (Wildman–Crippen MR) is 110 cm³/mol. The molecule has 0 spiro atoms. The lowest BCUT2D eigenvalue weighted by molar-refractivity contribution is 0.102. The van der Waals surface area contributed by atoms with Gasteiger partial charge < -0.3 is 16.0 Å². The Morgan fingerprint density at radius 3 is 2.48 bits per heavy atom. The Balaban J connectivity index is 0.00000156. The molecule has 1 amide bonds. The van der Waals surface area contributed by atoms with Gasteiger partial charge in [0.05, 0.1) is 11.4 Å². The van der Waals surface area contributed by atoms with Crippen molar-refractivity contribution in [2.24, 2.45) is 5.73 Å². The van der Waals surface area contributed by atoms with Crippen LogP contribution in [0.1, 0.15) is 41.2 Å². The number of thiazole rings is 1. The van der Waals surface area contributed by atoms with Crippen LogP contribution in [-0.2, 0) is 6.54 Å². The minimum atomic E-state index is -0.178. The smallest absolute Gasteiger partial charge is 0.275 e. The standard InChI is InChI=1S/C17H22N4OS.2ClH/c18-11-16-19-14(12-23-16)17(22)20-13-7-3-4-8-15(13)21-9-5-1-2-6-10-21;;/h3-4,7-8,12H,1-2,5-6,9-11,18H2,(H,20,22);2*1H. The highest BCUT2D eigenvalue weighted by Crippen LogP contribution is 2.28. The van der Waals surface area contributed by atoms with Crippen molar-refractivity contribution >= 4 is 53.4 Å². The number of hydrogen-bond donors (Lipinski definition) is 2. The Morgan fingerprint density at radius 1 is 1.16 bits per heavy atom. The summed E-state index contributed by atoms with van der Waals surface area (Å²) >= 11 is 1.42. The number of para-hydroxylation sites is 2. The van der Waals surface area contributed by atoms with Gasteiger partial charge in [-0.15, -0.1) is 36.2 Å². The van der Waals surface area contributed by atoms with E-state index in [4.69, 9.17) is 5.73 Å². The van der Waals surface area contributed by atoms with E-state index in [9.17, 15) is 4.79 Å². The molecule has 0 bridgehead atoms. The molecule has 1 aromatic heterocycles. The lowest BCUT2D eigenvalue weighted by Crippen LogP contribution is -2.25. The maximum atomic E-state index is 12.4. The number of hydrogen-bond acceptors (Lipinski definition) is 5. The average Bonchev–Trinajstić information content (AvgIpc) is 2.90. The molecule has 0 saturated carbocycles. The van der Waals surface area contributed by atoms with Crippen molar-refractivity contribution in [1.82, 2.24) is 4.98 Å². The first-order chi connectivity index (χ1) is 11.3. The number of benzene rings is 1. The summed E-state index contributed by atoms with van der Waals surface area (Å²) < 4.78 is 0. The predicted octanol–water partition coefficient (Wildman–Crippen LogP) is 4.08. The first kappa shape index (κ1) is 21.7. The Morgan fingerprint density at radius 2 is 1.84 bits per heavy atom. The molecule has 0 unspecified atom stereocenters. The number of rotatable bonds is 4. The van der Waals surface area contributed by atoms with Crippen LogP contribution < -0.4 is 16.0 Å². The number of carbonyl (C=O) groups is 1. The van der Waals surface area contributed by atoms with Gasteiger partial charge in [0.1, 0.15) is 10.7 Å². The number of amides is 1. The summed E-state index contributed by atoms with van der Waals surface area (Å²) in [7, 11) is 0. The van der Waals surface area contributed by atoms with Crippen LogP contribution in [0.15, 0.2) is 29.6 Å². The normalized spacial score (nSPS) is 14.0. The zero-order valence-electron chi connectivity index (χ0n) is 13.9. The third-order valence-corrected chi connectivity index (χ3v) is 4.93.